The van der Waals surface area contributed by atoms with Crippen LogP contribution in [0.5, 0.6) is 0 Å². The topological polar surface area (TPSA) is 61.4 Å². The third-order valence-electron chi connectivity index (χ3n) is 5.57. The molecule has 1 saturated heterocycles. The van der Waals surface area contributed by atoms with E-state index >= 15 is 0 Å². The average Bonchev–Trinajstić information content (AvgIpc) is 3.30. The maximum atomic E-state index is 12.7. The highest BCUT2D eigenvalue weighted by atomic mass is 16.2. The van der Waals surface area contributed by atoms with Crippen molar-refractivity contribution < 1.29 is 9.59 Å². The predicted molar refractivity (Wildman–Crippen MR) is 95.0 cm³/mol. The van der Waals surface area contributed by atoms with Gasteiger partial charge in [-0.15, -0.1) is 0 Å². The lowest BCUT2D eigenvalue weighted by Crippen LogP contribution is -2.33. The number of nitrogens with zero attached hydrogens (tertiary/aromatic N) is 1. The fraction of sp³-hybridized carbons (Fsp3) is 0.579. The lowest BCUT2D eigenvalue weighted by atomic mass is 9.91. The zero-order valence-corrected chi connectivity index (χ0v) is 14.6. The molecule has 2 amide bonds. The van der Waals surface area contributed by atoms with Gasteiger partial charge in [0.1, 0.15) is 0 Å². The first-order chi connectivity index (χ1) is 11.6. The van der Waals surface area contributed by atoms with Gasteiger partial charge in [-0.2, -0.15) is 0 Å². The molecule has 1 unspecified atom stereocenters. The molecule has 1 heterocycles. The first kappa shape index (κ1) is 17.0. The van der Waals surface area contributed by atoms with Gasteiger partial charge in [0.2, 0.25) is 5.91 Å². The first-order valence-corrected chi connectivity index (χ1v) is 9.01. The van der Waals surface area contributed by atoms with E-state index in [0.29, 0.717) is 24.3 Å². The lowest BCUT2D eigenvalue weighted by molar-refractivity contribution is -0.118. The quantitative estimate of drug-likeness (QED) is 0.872. The Morgan fingerprint density at radius 3 is 2.54 bits per heavy atom. The van der Waals surface area contributed by atoms with Gasteiger partial charge in [0, 0.05) is 19.0 Å². The number of para-hydroxylation sites is 1. The monoisotopic (exact) mass is 329 g/mol. The van der Waals surface area contributed by atoms with Crippen molar-refractivity contribution in [3.05, 3.63) is 29.8 Å². The molecule has 1 aromatic carbocycles. The molecule has 1 atom stereocenters. The van der Waals surface area contributed by atoms with Crippen LogP contribution in [0.2, 0.25) is 0 Å². The average molecular weight is 329 g/mol. The van der Waals surface area contributed by atoms with Gasteiger partial charge in [-0.3, -0.25) is 9.59 Å². The molecule has 1 spiro atoms. The van der Waals surface area contributed by atoms with Gasteiger partial charge in [-0.1, -0.05) is 12.1 Å². The van der Waals surface area contributed by atoms with E-state index in [1.807, 2.05) is 32.0 Å². The summed E-state index contributed by atoms with van der Waals surface area (Å²) in [7, 11) is 0. The smallest absolute Gasteiger partial charge is 0.255 e. The molecular weight excluding hydrogens is 302 g/mol. The maximum absolute atomic E-state index is 12.7. The van der Waals surface area contributed by atoms with Crippen LogP contribution >= 0.6 is 0 Å². The van der Waals surface area contributed by atoms with Crippen molar-refractivity contribution in [1.82, 2.24) is 10.2 Å². The van der Waals surface area contributed by atoms with Crippen LogP contribution in [0.1, 0.15) is 43.5 Å². The number of benzene rings is 1. The molecule has 24 heavy (non-hydrogen) atoms. The SMILES string of the molecule is CCN(CC)C(=O)c1ccccc1NC(=O)C1CC12CCNCC2. The predicted octanol–water partition coefficient (Wildman–Crippen LogP) is 2.50. The number of hydrogen-bond acceptors (Lipinski definition) is 3. The molecule has 0 radical (unpaired) electrons. The minimum absolute atomic E-state index is 0.0247. The molecule has 2 aliphatic rings. The van der Waals surface area contributed by atoms with Crippen molar-refractivity contribution in [2.75, 3.05) is 31.5 Å². The Labute approximate surface area is 143 Å². The van der Waals surface area contributed by atoms with Crippen LogP contribution in [0.15, 0.2) is 24.3 Å². The number of anilines is 1. The van der Waals surface area contributed by atoms with E-state index in [4.69, 9.17) is 0 Å². The number of piperidine rings is 1. The van der Waals surface area contributed by atoms with Crippen molar-refractivity contribution in [3.8, 4) is 0 Å². The number of hydrogen-bond donors (Lipinski definition) is 2. The normalized spacial score (nSPS) is 21.3. The molecule has 5 heteroatoms. The fourth-order valence-corrected chi connectivity index (χ4v) is 3.88. The second-order valence-corrected chi connectivity index (χ2v) is 6.88. The third-order valence-corrected chi connectivity index (χ3v) is 5.57. The Kier molecular flexibility index (Phi) is 4.90. The second-order valence-electron chi connectivity index (χ2n) is 6.88. The summed E-state index contributed by atoms with van der Waals surface area (Å²) < 4.78 is 0. The van der Waals surface area contributed by atoms with Crippen molar-refractivity contribution in [2.45, 2.75) is 33.1 Å². The van der Waals surface area contributed by atoms with Crippen LogP contribution < -0.4 is 10.6 Å². The molecule has 1 aromatic rings. The number of amides is 2. The van der Waals surface area contributed by atoms with E-state index in [0.717, 1.165) is 32.4 Å². The largest absolute Gasteiger partial charge is 0.339 e. The maximum Gasteiger partial charge on any atom is 0.255 e. The highest BCUT2D eigenvalue weighted by Gasteiger charge is 2.57. The van der Waals surface area contributed by atoms with Crippen LogP contribution in [0.3, 0.4) is 0 Å². The third kappa shape index (κ3) is 3.18. The van der Waals surface area contributed by atoms with Gasteiger partial charge in [0.15, 0.2) is 0 Å². The summed E-state index contributed by atoms with van der Waals surface area (Å²) in [4.78, 5) is 27.1. The summed E-state index contributed by atoms with van der Waals surface area (Å²) in [6.07, 6.45) is 3.13. The molecule has 130 valence electrons. The number of nitrogens with one attached hydrogen (secondary N) is 2. The molecule has 1 saturated carbocycles. The summed E-state index contributed by atoms with van der Waals surface area (Å²) in [5, 5.41) is 6.38. The molecule has 1 aliphatic heterocycles. The fourth-order valence-electron chi connectivity index (χ4n) is 3.88. The highest BCUT2D eigenvalue weighted by Crippen LogP contribution is 2.58. The van der Waals surface area contributed by atoms with Gasteiger partial charge in [0.05, 0.1) is 11.3 Å². The minimum atomic E-state index is -0.0247. The van der Waals surface area contributed by atoms with Crippen LogP contribution in [0.4, 0.5) is 5.69 Å². The molecule has 2 N–H and O–H groups in total. The van der Waals surface area contributed by atoms with E-state index < -0.39 is 0 Å². The van der Waals surface area contributed by atoms with Crippen LogP contribution in [-0.2, 0) is 4.79 Å². The molecule has 1 aliphatic carbocycles. The van der Waals surface area contributed by atoms with Gasteiger partial charge in [-0.05, 0) is 63.7 Å². The van der Waals surface area contributed by atoms with Crippen LogP contribution in [-0.4, -0.2) is 42.9 Å². The zero-order chi connectivity index (χ0) is 17.2. The summed E-state index contributed by atoms with van der Waals surface area (Å²) in [5.74, 6) is 0.135. The van der Waals surface area contributed by atoms with E-state index in [9.17, 15) is 9.59 Å². The van der Waals surface area contributed by atoms with E-state index in [-0.39, 0.29) is 23.1 Å². The van der Waals surface area contributed by atoms with E-state index in [2.05, 4.69) is 10.6 Å². The number of carbonyl (C=O) groups is 2. The molecular formula is C19H27N3O2. The van der Waals surface area contributed by atoms with Gasteiger partial charge in [-0.25, -0.2) is 0 Å². The molecule has 0 aromatic heterocycles. The highest BCUT2D eigenvalue weighted by molar-refractivity contribution is 6.04. The standard InChI is InChI=1S/C19H27N3O2/c1-3-22(4-2)18(24)14-7-5-6-8-16(14)21-17(23)15-13-19(15)9-11-20-12-10-19/h5-8,15,20H,3-4,9-13H2,1-2H3,(H,21,23). The van der Waals surface area contributed by atoms with Crippen molar-refractivity contribution in [3.63, 3.8) is 0 Å². The first-order valence-electron chi connectivity index (χ1n) is 9.01. The Morgan fingerprint density at radius 1 is 1.21 bits per heavy atom. The molecule has 5 nitrogen and oxygen atoms in total. The number of rotatable bonds is 5. The Bertz CT molecular complexity index is 619. The number of carbonyl (C=O) groups excluding carboxylic acids is 2. The van der Waals surface area contributed by atoms with E-state index in [1.54, 1.807) is 11.0 Å². The van der Waals surface area contributed by atoms with Gasteiger partial charge < -0.3 is 15.5 Å². The van der Waals surface area contributed by atoms with Crippen molar-refractivity contribution in [2.24, 2.45) is 11.3 Å². The molecule has 0 bridgehead atoms. The second kappa shape index (κ2) is 6.93. The zero-order valence-electron chi connectivity index (χ0n) is 14.6. The summed E-state index contributed by atoms with van der Waals surface area (Å²) in [6.45, 7) is 7.26. The minimum Gasteiger partial charge on any atom is -0.339 e. The Morgan fingerprint density at radius 2 is 1.88 bits per heavy atom. The van der Waals surface area contributed by atoms with Crippen molar-refractivity contribution >= 4 is 17.5 Å². The molecule has 2 fully saturated rings. The lowest BCUT2D eigenvalue weighted by Gasteiger charge is -2.23. The van der Waals surface area contributed by atoms with Crippen molar-refractivity contribution in [1.29, 1.82) is 0 Å². The Hall–Kier alpha value is -1.88. The summed E-state index contributed by atoms with van der Waals surface area (Å²) in [6, 6.07) is 7.33. The van der Waals surface area contributed by atoms with Crippen LogP contribution in [0, 0.1) is 11.3 Å². The Balaban J connectivity index is 1.72. The van der Waals surface area contributed by atoms with Crippen LogP contribution in [0.25, 0.3) is 0 Å². The molecule has 3 rings (SSSR count). The van der Waals surface area contributed by atoms with Gasteiger partial charge in [0.25, 0.3) is 5.91 Å². The van der Waals surface area contributed by atoms with E-state index in [1.165, 1.54) is 0 Å². The summed E-state index contributed by atoms with van der Waals surface area (Å²) >= 11 is 0. The van der Waals surface area contributed by atoms with Gasteiger partial charge >= 0.3 is 0 Å². The summed E-state index contributed by atoms with van der Waals surface area (Å²) in [5.41, 5.74) is 1.41.